The molecule has 0 spiro atoms. The molecule has 0 bridgehead atoms. The third-order valence-corrected chi connectivity index (χ3v) is 4.53. The van der Waals surface area contributed by atoms with Crippen molar-refractivity contribution in [2.75, 3.05) is 13.6 Å². The minimum atomic E-state index is 0.995. The van der Waals surface area contributed by atoms with Crippen LogP contribution in [-0.4, -0.2) is 18.5 Å². The molecule has 2 rings (SSSR count). The number of rotatable bonds is 7. The average molecular weight is 280 g/mol. The molecule has 0 saturated carbocycles. The summed E-state index contributed by atoms with van der Waals surface area (Å²) in [6.45, 7) is 6.24. The van der Waals surface area contributed by atoms with Crippen LogP contribution in [0.3, 0.4) is 0 Å². The number of hydrogen-bond acceptors (Lipinski definition) is 4. The summed E-state index contributed by atoms with van der Waals surface area (Å²) in [5, 5.41) is 7.73. The molecule has 2 aromatic heterocycles. The van der Waals surface area contributed by atoms with Crippen molar-refractivity contribution in [2.24, 2.45) is 0 Å². The Bertz CT molecular complexity index is 448. The summed E-state index contributed by atoms with van der Waals surface area (Å²) in [5.41, 5.74) is 1.41. The standard InChI is InChI=1S/C14H20N2S2/c1-3-15-8-13-4-5-14(18-13)10-16(2)9-12-6-7-17-11-12/h4-7,11,15H,3,8-10H2,1-2H3. The van der Waals surface area contributed by atoms with Gasteiger partial charge in [0.05, 0.1) is 0 Å². The van der Waals surface area contributed by atoms with Crippen LogP contribution >= 0.6 is 22.7 Å². The second kappa shape index (κ2) is 7.04. The first-order valence-electron chi connectivity index (χ1n) is 6.26. The van der Waals surface area contributed by atoms with Crippen molar-refractivity contribution in [2.45, 2.75) is 26.6 Å². The Morgan fingerprint density at radius 3 is 2.72 bits per heavy atom. The van der Waals surface area contributed by atoms with Crippen molar-refractivity contribution in [3.05, 3.63) is 44.3 Å². The third kappa shape index (κ3) is 4.21. The smallest absolute Gasteiger partial charge is 0.0328 e. The van der Waals surface area contributed by atoms with Gasteiger partial charge in [0.2, 0.25) is 0 Å². The topological polar surface area (TPSA) is 15.3 Å². The molecule has 0 unspecified atom stereocenters. The highest BCUT2D eigenvalue weighted by Gasteiger charge is 2.05. The fourth-order valence-electron chi connectivity index (χ4n) is 1.87. The Morgan fingerprint density at radius 1 is 1.17 bits per heavy atom. The average Bonchev–Trinajstić information content (AvgIpc) is 2.98. The van der Waals surface area contributed by atoms with Crippen LogP contribution < -0.4 is 5.32 Å². The van der Waals surface area contributed by atoms with Crippen molar-refractivity contribution >= 4 is 22.7 Å². The highest BCUT2D eigenvalue weighted by molar-refractivity contribution is 7.12. The van der Waals surface area contributed by atoms with Gasteiger partial charge in [0.15, 0.2) is 0 Å². The van der Waals surface area contributed by atoms with E-state index in [1.807, 2.05) is 11.3 Å². The van der Waals surface area contributed by atoms with Crippen LogP contribution in [0.1, 0.15) is 22.2 Å². The summed E-state index contributed by atoms with van der Waals surface area (Å²) in [6, 6.07) is 6.69. The van der Waals surface area contributed by atoms with Gasteiger partial charge in [-0.2, -0.15) is 11.3 Å². The lowest BCUT2D eigenvalue weighted by atomic mass is 10.3. The molecule has 0 amide bonds. The first-order valence-corrected chi connectivity index (χ1v) is 8.01. The fourth-order valence-corrected chi connectivity index (χ4v) is 3.59. The molecule has 4 heteroatoms. The van der Waals surface area contributed by atoms with Gasteiger partial charge < -0.3 is 5.32 Å². The monoisotopic (exact) mass is 280 g/mol. The molecule has 1 N–H and O–H groups in total. The predicted octanol–water partition coefficient (Wildman–Crippen LogP) is 3.55. The Labute approximate surface area is 117 Å². The van der Waals surface area contributed by atoms with Crippen molar-refractivity contribution in [1.82, 2.24) is 10.2 Å². The predicted molar refractivity (Wildman–Crippen MR) is 81.2 cm³/mol. The van der Waals surface area contributed by atoms with Crippen LogP contribution in [-0.2, 0) is 19.6 Å². The van der Waals surface area contributed by atoms with E-state index in [-0.39, 0.29) is 0 Å². The molecule has 98 valence electrons. The summed E-state index contributed by atoms with van der Waals surface area (Å²) in [5.74, 6) is 0. The highest BCUT2D eigenvalue weighted by atomic mass is 32.1. The van der Waals surface area contributed by atoms with E-state index >= 15 is 0 Å². The molecule has 0 atom stereocenters. The van der Waals surface area contributed by atoms with Crippen LogP contribution in [0.2, 0.25) is 0 Å². The quantitative estimate of drug-likeness (QED) is 0.834. The van der Waals surface area contributed by atoms with Gasteiger partial charge in [-0.1, -0.05) is 6.92 Å². The van der Waals surface area contributed by atoms with Gasteiger partial charge >= 0.3 is 0 Å². The maximum Gasteiger partial charge on any atom is 0.0328 e. The number of hydrogen-bond donors (Lipinski definition) is 1. The van der Waals surface area contributed by atoms with Crippen LogP contribution in [0.25, 0.3) is 0 Å². The highest BCUT2D eigenvalue weighted by Crippen LogP contribution is 2.19. The number of nitrogens with zero attached hydrogens (tertiary/aromatic N) is 1. The molecular weight excluding hydrogens is 260 g/mol. The van der Waals surface area contributed by atoms with Crippen molar-refractivity contribution in [1.29, 1.82) is 0 Å². The summed E-state index contributed by atoms with van der Waals surface area (Å²) in [4.78, 5) is 5.24. The zero-order valence-electron chi connectivity index (χ0n) is 11.0. The van der Waals surface area contributed by atoms with E-state index in [0.29, 0.717) is 0 Å². The van der Waals surface area contributed by atoms with Crippen molar-refractivity contribution < 1.29 is 0 Å². The Morgan fingerprint density at radius 2 is 2.00 bits per heavy atom. The van der Waals surface area contributed by atoms with E-state index in [0.717, 1.165) is 26.2 Å². The Balaban J connectivity index is 1.83. The zero-order chi connectivity index (χ0) is 12.8. The molecule has 0 saturated heterocycles. The second-order valence-corrected chi connectivity index (χ2v) is 6.49. The van der Waals surface area contributed by atoms with E-state index in [1.165, 1.54) is 15.3 Å². The van der Waals surface area contributed by atoms with Crippen LogP contribution in [0, 0.1) is 0 Å². The molecular formula is C14H20N2S2. The van der Waals surface area contributed by atoms with Crippen molar-refractivity contribution in [3.8, 4) is 0 Å². The molecule has 2 nitrogen and oxygen atoms in total. The molecule has 0 aromatic carbocycles. The van der Waals surface area contributed by atoms with Gasteiger partial charge in [-0.25, -0.2) is 0 Å². The number of nitrogens with one attached hydrogen (secondary N) is 1. The van der Waals surface area contributed by atoms with Gasteiger partial charge in [-0.15, -0.1) is 11.3 Å². The first kappa shape index (κ1) is 13.7. The lowest BCUT2D eigenvalue weighted by molar-refractivity contribution is 0.322. The second-order valence-electron chi connectivity index (χ2n) is 4.45. The molecule has 18 heavy (non-hydrogen) atoms. The van der Waals surface area contributed by atoms with E-state index in [9.17, 15) is 0 Å². The summed E-state index contributed by atoms with van der Waals surface area (Å²) < 4.78 is 0. The summed E-state index contributed by atoms with van der Waals surface area (Å²) >= 11 is 3.68. The third-order valence-electron chi connectivity index (χ3n) is 2.72. The minimum absolute atomic E-state index is 0.995. The van der Waals surface area contributed by atoms with Gasteiger partial charge in [0.25, 0.3) is 0 Å². The maximum absolute atomic E-state index is 3.37. The van der Waals surface area contributed by atoms with Crippen LogP contribution in [0.15, 0.2) is 29.0 Å². The van der Waals surface area contributed by atoms with Crippen molar-refractivity contribution in [3.63, 3.8) is 0 Å². The van der Waals surface area contributed by atoms with Crippen LogP contribution in [0.4, 0.5) is 0 Å². The molecule has 0 radical (unpaired) electrons. The van der Waals surface area contributed by atoms with E-state index in [1.54, 1.807) is 11.3 Å². The number of thiophene rings is 2. The van der Waals surface area contributed by atoms with Gasteiger partial charge in [-0.05, 0) is 48.1 Å². The lowest BCUT2D eigenvalue weighted by Crippen LogP contribution is -2.16. The zero-order valence-corrected chi connectivity index (χ0v) is 12.6. The maximum atomic E-state index is 3.37. The van der Waals surface area contributed by atoms with E-state index in [2.05, 4.69) is 53.1 Å². The largest absolute Gasteiger partial charge is 0.312 e. The summed E-state index contributed by atoms with van der Waals surface area (Å²) in [7, 11) is 2.18. The van der Waals surface area contributed by atoms with Crippen LogP contribution in [0.5, 0.6) is 0 Å². The molecule has 2 aromatic rings. The molecule has 0 aliphatic heterocycles. The van der Waals surface area contributed by atoms with Gasteiger partial charge in [0.1, 0.15) is 0 Å². The summed E-state index contributed by atoms with van der Waals surface area (Å²) in [6.07, 6.45) is 0. The first-order chi connectivity index (χ1) is 8.78. The fraction of sp³-hybridized carbons (Fsp3) is 0.429. The normalized spacial score (nSPS) is 11.3. The molecule has 0 aliphatic carbocycles. The molecule has 0 fully saturated rings. The Kier molecular flexibility index (Phi) is 5.38. The lowest BCUT2D eigenvalue weighted by Gasteiger charge is -2.14. The Hall–Kier alpha value is -0.680. The van der Waals surface area contributed by atoms with E-state index < -0.39 is 0 Å². The molecule has 0 aliphatic rings. The van der Waals surface area contributed by atoms with Gasteiger partial charge in [0, 0.05) is 29.4 Å². The minimum Gasteiger partial charge on any atom is -0.312 e. The SMILES string of the molecule is CCNCc1ccc(CN(C)Cc2ccsc2)s1. The van der Waals surface area contributed by atoms with E-state index in [4.69, 9.17) is 0 Å². The van der Waals surface area contributed by atoms with Gasteiger partial charge in [-0.3, -0.25) is 4.90 Å². The molecule has 2 heterocycles.